The lowest BCUT2D eigenvalue weighted by Crippen LogP contribution is -1.95. The summed E-state index contributed by atoms with van der Waals surface area (Å²) >= 11 is 1.66. The summed E-state index contributed by atoms with van der Waals surface area (Å²) in [6.07, 6.45) is 1.72. The van der Waals surface area contributed by atoms with Crippen molar-refractivity contribution in [3.63, 3.8) is 0 Å². The SMILES string of the molecule is C=CCOC1=NCCS1. The minimum Gasteiger partial charge on any atom is -0.469 e. The van der Waals surface area contributed by atoms with Crippen LogP contribution in [-0.2, 0) is 4.74 Å². The van der Waals surface area contributed by atoms with Crippen LogP contribution >= 0.6 is 11.8 Å². The zero-order valence-corrected chi connectivity index (χ0v) is 5.99. The van der Waals surface area contributed by atoms with Crippen molar-refractivity contribution in [1.29, 1.82) is 0 Å². The number of hydrogen-bond acceptors (Lipinski definition) is 3. The molecular formula is C6H9NOS. The molecule has 0 N–H and O–H groups in total. The highest BCUT2D eigenvalue weighted by Crippen LogP contribution is 2.11. The predicted molar refractivity (Wildman–Crippen MR) is 40.9 cm³/mol. The second-order valence-corrected chi connectivity index (χ2v) is 2.64. The molecule has 0 fully saturated rings. The van der Waals surface area contributed by atoms with Crippen LogP contribution < -0.4 is 0 Å². The molecule has 9 heavy (non-hydrogen) atoms. The molecule has 2 nitrogen and oxygen atoms in total. The largest absolute Gasteiger partial charge is 0.469 e. The van der Waals surface area contributed by atoms with E-state index in [9.17, 15) is 0 Å². The van der Waals surface area contributed by atoms with E-state index in [2.05, 4.69) is 11.6 Å². The van der Waals surface area contributed by atoms with Crippen LogP contribution in [0.25, 0.3) is 0 Å². The molecule has 1 rings (SSSR count). The molecule has 0 bridgehead atoms. The third-order valence-electron chi connectivity index (χ3n) is 0.882. The van der Waals surface area contributed by atoms with Gasteiger partial charge in [0.15, 0.2) is 0 Å². The predicted octanol–water partition coefficient (Wildman–Crippen LogP) is 1.29. The zero-order valence-electron chi connectivity index (χ0n) is 5.17. The summed E-state index contributed by atoms with van der Waals surface area (Å²) in [6.45, 7) is 5.01. The van der Waals surface area contributed by atoms with Gasteiger partial charge < -0.3 is 4.74 Å². The Morgan fingerprint density at radius 2 is 2.78 bits per heavy atom. The van der Waals surface area contributed by atoms with Gasteiger partial charge in [0, 0.05) is 5.75 Å². The van der Waals surface area contributed by atoms with E-state index in [1.807, 2.05) is 0 Å². The van der Waals surface area contributed by atoms with Crippen LogP contribution in [0.5, 0.6) is 0 Å². The third kappa shape index (κ3) is 2.10. The average molecular weight is 143 g/mol. The molecule has 3 heteroatoms. The first kappa shape index (κ1) is 6.68. The van der Waals surface area contributed by atoms with Crippen LogP contribution in [0.4, 0.5) is 0 Å². The Balaban J connectivity index is 2.18. The lowest BCUT2D eigenvalue weighted by atomic mass is 10.7. The van der Waals surface area contributed by atoms with Crippen LogP contribution in [0, 0.1) is 0 Å². The van der Waals surface area contributed by atoms with Gasteiger partial charge in [0.2, 0.25) is 5.23 Å². The van der Waals surface area contributed by atoms with E-state index in [-0.39, 0.29) is 0 Å². The molecule has 0 unspecified atom stereocenters. The Morgan fingerprint density at radius 3 is 3.33 bits per heavy atom. The van der Waals surface area contributed by atoms with Gasteiger partial charge in [-0.05, 0) is 0 Å². The lowest BCUT2D eigenvalue weighted by Gasteiger charge is -1.97. The molecule has 50 valence electrons. The maximum Gasteiger partial charge on any atom is 0.246 e. The van der Waals surface area contributed by atoms with Crippen molar-refractivity contribution < 1.29 is 4.74 Å². The van der Waals surface area contributed by atoms with Gasteiger partial charge in [0.1, 0.15) is 6.61 Å². The molecule has 0 amide bonds. The van der Waals surface area contributed by atoms with E-state index in [0.29, 0.717) is 6.61 Å². The Bertz CT molecular complexity index is 133. The molecule has 0 aromatic carbocycles. The summed E-state index contributed by atoms with van der Waals surface area (Å²) in [5.41, 5.74) is 0. The topological polar surface area (TPSA) is 21.6 Å². The molecule has 0 atom stereocenters. The number of hydrogen-bond donors (Lipinski definition) is 0. The van der Waals surface area contributed by atoms with Crippen molar-refractivity contribution in [1.82, 2.24) is 0 Å². The molecule has 1 heterocycles. The van der Waals surface area contributed by atoms with Crippen molar-refractivity contribution in [2.24, 2.45) is 4.99 Å². The number of thioether (sulfide) groups is 1. The minimum absolute atomic E-state index is 0.575. The molecule has 1 aliphatic rings. The highest BCUT2D eigenvalue weighted by molar-refractivity contribution is 8.13. The summed E-state index contributed by atoms with van der Waals surface area (Å²) < 4.78 is 5.15. The first-order valence-corrected chi connectivity index (χ1v) is 3.83. The van der Waals surface area contributed by atoms with Gasteiger partial charge in [-0.25, -0.2) is 4.99 Å². The van der Waals surface area contributed by atoms with Gasteiger partial charge in [-0.15, -0.1) is 0 Å². The van der Waals surface area contributed by atoms with Gasteiger partial charge in [0.05, 0.1) is 6.54 Å². The Hall–Kier alpha value is -0.440. The van der Waals surface area contributed by atoms with Crippen LogP contribution in [0.2, 0.25) is 0 Å². The van der Waals surface area contributed by atoms with Crippen molar-refractivity contribution in [2.45, 2.75) is 0 Å². The van der Waals surface area contributed by atoms with Crippen LogP contribution in [0.3, 0.4) is 0 Å². The molecule has 0 aliphatic carbocycles. The fourth-order valence-corrected chi connectivity index (χ4v) is 1.22. The fourth-order valence-electron chi connectivity index (χ4n) is 0.533. The quantitative estimate of drug-likeness (QED) is 0.543. The number of ether oxygens (including phenoxy) is 1. The highest BCUT2D eigenvalue weighted by atomic mass is 32.2. The monoisotopic (exact) mass is 143 g/mol. The Labute approximate surface area is 59.0 Å². The second kappa shape index (κ2) is 3.56. The van der Waals surface area contributed by atoms with Crippen LogP contribution in [0.15, 0.2) is 17.6 Å². The second-order valence-electron chi connectivity index (χ2n) is 1.60. The smallest absolute Gasteiger partial charge is 0.246 e. The molecule has 1 aliphatic heterocycles. The summed E-state index contributed by atoms with van der Waals surface area (Å²) in [7, 11) is 0. The standard InChI is InChI=1S/C6H9NOS/c1-2-4-8-6-7-3-5-9-6/h2H,1,3-5H2. The van der Waals surface area contributed by atoms with Gasteiger partial charge >= 0.3 is 0 Å². The van der Waals surface area contributed by atoms with Crippen LogP contribution in [-0.4, -0.2) is 24.1 Å². The van der Waals surface area contributed by atoms with Gasteiger partial charge in [-0.2, -0.15) is 0 Å². The van der Waals surface area contributed by atoms with E-state index in [1.54, 1.807) is 17.8 Å². The molecule has 0 saturated heterocycles. The molecule has 0 aromatic rings. The molecule has 0 aromatic heterocycles. The lowest BCUT2D eigenvalue weighted by molar-refractivity contribution is 0.362. The van der Waals surface area contributed by atoms with Crippen molar-refractivity contribution >= 4 is 17.0 Å². The number of nitrogens with zero attached hydrogens (tertiary/aromatic N) is 1. The first-order chi connectivity index (χ1) is 4.43. The third-order valence-corrected chi connectivity index (χ3v) is 1.76. The Morgan fingerprint density at radius 1 is 1.89 bits per heavy atom. The zero-order chi connectivity index (χ0) is 6.53. The summed E-state index contributed by atoms with van der Waals surface area (Å²) in [6, 6.07) is 0. The van der Waals surface area contributed by atoms with Gasteiger partial charge in [-0.1, -0.05) is 24.4 Å². The molecule has 0 saturated carbocycles. The minimum atomic E-state index is 0.575. The van der Waals surface area contributed by atoms with Crippen LogP contribution in [0.1, 0.15) is 0 Å². The molecule has 0 radical (unpaired) electrons. The van der Waals surface area contributed by atoms with E-state index in [4.69, 9.17) is 4.74 Å². The summed E-state index contributed by atoms with van der Waals surface area (Å²) in [4.78, 5) is 4.08. The van der Waals surface area contributed by atoms with E-state index in [0.717, 1.165) is 17.5 Å². The van der Waals surface area contributed by atoms with Crippen molar-refractivity contribution in [3.05, 3.63) is 12.7 Å². The Kier molecular flexibility index (Phi) is 2.64. The fraction of sp³-hybridized carbons (Fsp3) is 0.500. The normalized spacial score (nSPS) is 17.1. The highest BCUT2D eigenvalue weighted by Gasteiger charge is 2.05. The van der Waals surface area contributed by atoms with E-state index >= 15 is 0 Å². The maximum atomic E-state index is 5.15. The molecule has 0 spiro atoms. The summed E-state index contributed by atoms with van der Waals surface area (Å²) in [5.74, 6) is 1.06. The summed E-state index contributed by atoms with van der Waals surface area (Å²) in [5, 5.41) is 0.815. The maximum absolute atomic E-state index is 5.15. The van der Waals surface area contributed by atoms with Gasteiger partial charge in [0.25, 0.3) is 0 Å². The number of rotatable bonds is 2. The molecular weight excluding hydrogens is 134 g/mol. The van der Waals surface area contributed by atoms with E-state index < -0.39 is 0 Å². The van der Waals surface area contributed by atoms with Gasteiger partial charge in [-0.3, -0.25) is 0 Å². The number of aliphatic imine (C=N–C) groups is 1. The average Bonchev–Trinajstić information content (AvgIpc) is 2.34. The first-order valence-electron chi connectivity index (χ1n) is 2.84. The van der Waals surface area contributed by atoms with Crippen molar-refractivity contribution in [3.8, 4) is 0 Å². The van der Waals surface area contributed by atoms with E-state index in [1.165, 1.54) is 0 Å². The van der Waals surface area contributed by atoms with Crippen molar-refractivity contribution in [2.75, 3.05) is 18.9 Å².